The van der Waals surface area contributed by atoms with Crippen molar-refractivity contribution in [1.29, 1.82) is 0 Å². The van der Waals surface area contributed by atoms with Gasteiger partial charge in [0.1, 0.15) is 5.75 Å². The summed E-state index contributed by atoms with van der Waals surface area (Å²) in [6.07, 6.45) is 4.33. The maximum atomic E-state index is 10.2. The summed E-state index contributed by atoms with van der Waals surface area (Å²) in [6, 6.07) is 5.02. The van der Waals surface area contributed by atoms with Crippen LogP contribution in [-0.4, -0.2) is 43.6 Å². The summed E-state index contributed by atoms with van der Waals surface area (Å²) in [5, 5.41) is 34.7. The van der Waals surface area contributed by atoms with Crippen LogP contribution in [-0.2, 0) is 0 Å². The summed E-state index contributed by atoms with van der Waals surface area (Å²) in [4.78, 5) is 4.34. The molecule has 0 spiro atoms. The van der Waals surface area contributed by atoms with Crippen molar-refractivity contribution in [3.8, 4) is 17.1 Å². The van der Waals surface area contributed by atoms with Gasteiger partial charge in [-0.15, -0.1) is 21.8 Å². The van der Waals surface area contributed by atoms with Gasteiger partial charge in [0.25, 0.3) is 0 Å². The van der Waals surface area contributed by atoms with Gasteiger partial charge in [0.15, 0.2) is 11.6 Å². The maximum absolute atomic E-state index is 10.2. The minimum absolute atomic E-state index is 0. The molecule has 7 nitrogen and oxygen atoms in total. The fourth-order valence-corrected chi connectivity index (χ4v) is 4.07. The van der Waals surface area contributed by atoms with Gasteiger partial charge in [-0.3, -0.25) is 0 Å². The molecule has 0 unspecified atom stereocenters. The van der Waals surface area contributed by atoms with E-state index in [1.165, 1.54) is 6.07 Å². The number of aromatic hydroxyl groups is 1. The first-order valence-electron chi connectivity index (χ1n) is 9.28. The number of aromatic nitrogens is 3. The van der Waals surface area contributed by atoms with Crippen molar-refractivity contribution in [2.45, 2.75) is 57.7 Å². The number of hydrogen-bond donors (Lipinski definition) is 3. The average molecular weight is 418 g/mol. The maximum Gasteiger partial charge on any atom is 1.00 e. The number of piperidine rings is 1. The molecule has 8 heteroatoms. The van der Waals surface area contributed by atoms with Crippen LogP contribution in [0.2, 0.25) is 0 Å². The van der Waals surface area contributed by atoms with Crippen LogP contribution in [0, 0.1) is 6.58 Å². The van der Waals surface area contributed by atoms with E-state index in [0.717, 1.165) is 19.1 Å². The number of nitrogens with zero attached hydrogens (tertiary/aromatic N) is 4. The van der Waals surface area contributed by atoms with Crippen molar-refractivity contribution in [2.24, 2.45) is 0 Å². The van der Waals surface area contributed by atoms with Gasteiger partial charge >= 0.3 is 51.4 Å². The van der Waals surface area contributed by atoms with Crippen molar-refractivity contribution in [2.75, 3.05) is 5.32 Å². The predicted octanol–water partition coefficient (Wildman–Crippen LogP) is 0.426. The first kappa shape index (κ1) is 24.1. The van der Waals surface area contributed by atoms with E-state index in [1.54, 1.807) is 18.3 Å². The van der Waals surface area contributed by atoms with E-state index in [4.69, 9.17) is 12.0 Å². The van der Waals surface area contributed by atoms with Gasteiger partial charge in [0.05, 0.1) is 11.8 Å². The van der Waals surface area contributed by atoms with Crippen LogP contribution < -0.4 is 62.0 Å². The number of nitrogens with one attached hydrogen (secondary N) is 2. The van der Waals surface area contributed by atoms with Gasteiger partial charge in [-0.1, -0.05) is 12.1 Å². The number of allylic oxidation sites excluding steroid dienone is 1. The zero-order chi connectivity index (χ0) is 20.5. The summed E-state index contributed by atoms with van der Waals surface area (Å²) in [5.41, 5.74) is 1.16. The Balaban J connectivity index is 0.00000300. The largest absolute Gasteiger partial charge is 1.00 e. The molecule has 1 fully saturated rings. The molecule has 3 N–H and O–H groups in total. The molecular weight excluding hydrogens is 391 g/mol. The fraction of sp³-hybridized carbons (Fsp3) is 0.429. The number of rotatable bonds is 5. The van der Waals surface area contributed by atoms with Gasteiger partial charge in [-0.2, -0.15) is 0 Å². The molecule has 1 aliphatic rings. The molecule has 1 aromatic heterocycles. The van der Waals surface area contributed by atoms with Crippen LogP contribution in [0.1, 0.15) is 46.1 Å². The molecule has 1 saturated heterocycles. The van der Waals surface area contributed by atoms with E-state index in [2.05, 4.69) is 53.5 Å². The second-order valence-electron chi connectivity index (χ2n) is 8.63. The Kier molecular flexibility index (Phi) is 7.75. The Morgan fingerprint density at radius 1 is 1.24 bits per heavy atom. The minimum Gasteiger partial charge on any atom is -0.879 e. The van der Waals surface area contributed by atoms with E-state index in [-0.39, 0.29) is 79.8 Å². The fourth-order valence-electron chi connectivity index (χ4n) is 4.07. The van der Waals surface area contributed by atoms with Crippen LogP contribution in [0.25, 0.3) is 22.4 Å². The Labute approximate surface area is 214 Å². The van der Waals surface area contributed by atoms with Crippen LogP contribution in [0.15, 0.2) is 24.4 Å². The first-order chi connectivity index (χ1) is 13.1. The van der Waals surface area contributed by atoms with Crippen molar-refractivity contribution in [3.63, 3.8) is 0 Å². The molecule has 148 valence electrons. The molecule has 3 rings (SSSR count). The Morgan fingerprint density at radius 2 is 1.90 bits per heavy atom. The minimum atomic E-state index is -0.0355. The van der Waals surface area contributed by atoms with Gasteiger partial charge < -0.3 is 27.4 Å². The van der Waals surface area contributed by atoms with E-state index in [0.29, 0.717) is 22.8 Å². The predicted molar refractivity (Wildman–Crippen MR) is 112 cm³/mol. The Hall–Kier alpha value is -1.16. The third kappa shape index (κ3) is 6.16. The molecular formula is C21H26KN6O-. The molecule has 1 aliphatic heterocycles. The molecule has 2 heterocycles. The van der Waals surface area contributed by atoms with Gasteiger partial charge in [0, 0.05) is 17.1 Å². The van der Waals surface area contributed by atoms with Gasteiger partial charge in [0.2, 0.25) is 0 Å². The summed E-state index contributed by atoms with van der Waals surface area (Å²) in [6.45, 7) is 14.4. The molecule has 29 heavy (non-hydrogen) atoms. The van der Waals surface area contributed by atoms with Crippen molar-refractivity contribution >= 4 is 17.6 Å². The zero-order valence-corrected chi connectivity index (χ0v) is 20.8. The van der Waals surface area contributed by atoms with Gasteiger partial charge in [-0.05, 0) is 40.5 Å². The molecule has 0 atom stereocenters. The molecule has 0 radical (unpaired) electrons. The van der Waals surface area contributed by atoms with E-state index in [9.17, 15) is 5.11 Å². The van der Waals surface area contributed by atoms with E-state index < -0.39 is 0 Å². The summed E-state index contributed by atoms with van der Waals surface area (Å²) in [5.74, 6) is 0.879. The molecule has 0 bridgehead atoms. The number of phenolic OH excluding ortho intramolecular Hbond substituents is 1. The van der Waals surface area contributed by atoms with Gasteiger partial charge in [-0.25, -0.2) is 17.1 Å². The molecule has 0 saturated carbocycles. The van der Waals surface area contributed by atoms with E-state index in [1.807, 2.05) is 0 Å². The van der Waals surface area contributed by atoms with Crippen molar-refractivity contribution in [1.82, 2.24) is 20.5 Å². The number of hydrogen-bond acceptors (Lipinski definition) is 6. The zero-order valence-electron chi connectivity index (χ0n) is 17.7. The molecule has 2 aromatic rings. The average Bonchev–Trinajstić information content (AvgIpc) is 2.59. The van der Waals surface area contributed by atoms with Crippen LogP contribution >= 0.6 is 0 Å². The summed E-state index contributed by atoms with van der Waals surface area (Å²) >= 11 is 0. The molecule has 0 aliphatic carbocycles. The van der Waals surface area contributed by atoms with Crippen molar-refractivity contribution in [3.05, 3.63) is 41.9 Å². The molecule has 1 aromatic carbocycles. The third-order valence-electron chi connectivity index (χ3n) is 4.81. The number of benzene rings is 1. The smallest absolute Gasteiger partial charge is 0.879 e. The number of anilines is 1. The summed E-state index contributed by atoms with van der Waals surface area (Å²) < 4.78 is 0. The second kappa shape index (κ2) is 9.32. The van der Waals surface area contributed by atoms with Crippen molar-refractivity contribution < 1.29 is 56.5 Å². The molecule has 0 amide bonds. The van der Waals surface area contributed by atoms with Crippen LogP contribution in [0.3, 0.4) is 0 Å². The standard InChI is InChI=1S/C21H26N6O.K/c1-13(11-22)14-6-7-16(17(28)8-14)19-23-12-18(25-26-19)24-15-9-20(2,3)27-21(4,5)10-15;/h1,6-8,11-12,15,27-28H,9-10H2,2-5H3,(H,24,25);/q-2;+1. The third-order valence-corrected chi connectivity index (χ3v) is 4.81. The second-order valence-corrected chi connectivity index (χ2v) is 8.63. The van der Waals surface area contributed by atoms with Crippen LogP contribution in [0.4, 0.5) is 5.82 Å². The Morgan fingerprint density at radius 3 is 2.41 bits per heavy atom. The Bertz CT molecular complexity index is 879. The van der Waals surface area contributed by atoms with Crippen LogP contribution in [0.5, 0.6) is 5.75 Å². The monoisotopic (exact) mass is 417 g/mol. The van der Waals surface area contributed by atoms with E-state index >= 15 is 0 Å². The summed E-state index contributed by atoms with van der Waals surface area (Å²) in [7, 11) is 0. The first-order valence-corrected chi connectivity index (χ1v) is 9.28. The SMILES string of the molecule is [CH-]=C(C=[N-])c1ccc(-c2ncc(NC3CC(C)(C)NC(C)(C)C3)nn2)c(O)c1.[K+]. The quantitative estimate of drug-likeness (QED) is 0.370. The normalized spacial score (nSPS) is 17.8. The topological polar surface area (TPSA) is 105 Å². The number of phenols is 1.